The van der Waals surface area contributed by atoms with E-state index in [0.717, 1.165) is 32.8 Å². The number of halogens is 3. The van der Waals surface area contributed by atoms with E-state index in [-0.39, 0.29) is 23.9 Å². The molecule has 1 saturated carbocycles. The Labute approximate surface area is 226 Å². The number of benzene rings is 2. The second kappa shape index (κ2) is 10.8. The Bertz CT molecular complexity index is 1340. The molecule has 1 aliphatic rings. The molecule has 2 aromatic carbocycles. The van der Waals surface area contributed by atoms with Crippen molar-refractivity contribution in [2.45, 2.75) is 90.3 Å². The summed E-state index contributed by atoms with van der Waals surface area (Å²) in [5.74, 6) is -3.11. The van der Waals surface area contributed by atoms with E-state index in [9.17, 15) is 13.9 Å². The highest BCUT2D eigenvalue weighted by Crippen LogP contribution is 2.42. The minimum atomic E-state index is -3.80. The molecule has 0 radical (unpaired) electrons. The zero-order valence-electron chi connectivity index (χ0n) is 23.3. The number of alkyl halides is 2. The third-order valence-electron chi connectivity index (χ3n) is 6.95. The second-order valence-electron chi connectivity index (χ2n) is 10.7. The molecule has 0 spiro atoms. The predicted octanol–water partition coefficient (Wildman–Crippen LogP) is 6.46. The average molecular weight is 548 g/mol. The number of ether oxygens (including phenoxy) is 3. The van der Waals surface area contributed by atoms with Crippen LogP contribution in [0.4, 0.5) is 19.0 Å². The van der Waals surface area contributed by atoms with Gasteiger partial charge < -0.3 is 24.6 Å². The van der Waals surface area contributed by atoms with Gasteiger partial charge in [-0.05, 0) is 66.5 Å². The summed E-state index contributed by atoms with van der Waals surface area (Å²) >= 11 is 0. The first-order valence-corrected chi connectivity index (χ1v) is 13.1. The molecule has 0 saturated heterocycles. The van der Waals surface area contributed by atoms with Crippen molar-refractivity contribution >= 4 is 16.7 Å². The first-order chi connectivity index (χ1) is 18.2. The summed E-state index contributed by atoms with van der Waals surface area (Å²) in [5.41, 5.74) is -2.75. The molecule has 2 N–H and O–H groups in total. The number of methoxy groups -OCH3 is 1. The Morgan fingerprint density at radius 2 is 1.74 bits per heavy atom. The van der Waals surface area contributed by atoms with Gasteiger partial charge in [0.25, 0.3) is 0 Å². The number of hydrogen-bond donors (Lipinski definition) is 2. The molecule has 212 valence electrons. The van der Waals surface area contributed by atoms with Crippen LogP contribution in [0, 0.1) is 12.7 Å². The normalized spacial score (nSPS) is 16.6. The first-order valence-electron chi connectivity index (χ1n) is 13.1. The van der Waals surface area contributed by atoms with Crippen molar-refractivity contribution in [3.05, 3.63) is 53.1 Å². The number of hydrogen-bond acceptors (Lipinski definition) is 7. The maximum atomic E-state index is 15.4. The smallest absolute Gasteiger partial charge is 0.303 e. The second-order valence-corrected chi connectivity index (χ2v) is 10.7. The molecule has 2 unspecified atom stereocenters. The van der Waals surface area contributed by atoms with Gasteiger partial charge in [-0.2, -0.15) is 8.78 Å². The number of nitrogens with zero attached hydrogens (tertiary/aromatic N) is 2. The summed E-state index contributed by atoms with van der Waals surface area (Å²) < 4.78 is 62.8. The lowest BCUT2D eigenvalue weighted by atomic mass is 9.91. The van der Waals surface area contributed by atoms with Crippen molar-refractivity contribution < 1.29 is 32.5 Å². The number of aryl methyl sites for hydroxylation is 1. The quantitative estimate of drug-likeness (QED) is 0.285. The molecule has 3 atom stereocenters. The fourth-order valence-electron chi connectivity index (χ4n) is 4.27. The number of rotatable bonds is 11. The van der Waals surface area contributed by atoms with Crippen LogP contribution < -0.4 is 14.8 Å². The van der Waals surface area contributed by atoms with E-state index in [1.165, 1.54) is 19.2 Å². The molecule has 10 heteroatoms. The summed E-state index contributed by atoms with van der Waals surface area (Å²) in [6.45, 7) is 9.14. The number of anilines is 1. The van der Waals surface area contributed by atoms with Gasteiger partial charge in [-0.15, -0.1) is 0 Å². The third kappa shape index (κ3) is 6.06. The van der Waals surface area contributed by atoms with E-state index >= 15 is 4.39 Å². The Hall–Kier alpha value is -3.11. The van der Waals surface area contributed by atoms with Gasteiger partial charge in [0.1, 0.15) is 29.2 Å². The topological polar surface area (TPSA) is 85.7 Å². The maximum Gasteiger partial charge on any atom is 0.303 e. The van der Waals surface area contributed by atoms with Crippen LogP contribution in [0.5, 0.6) is 11.5 Å². The molecular weight excluding hydrogens is 511 g/mol. The van der Waals surface area contributed by atoms with Crippen LogP contribution in [0.25, 0.3) is 10.9 Å². The highest BCUT2D eigenvalue weighted by Gasteiger charge is 2.49. The number of aromatic nitrogens is 2. The van der Waals surface area contributed by atoms with Crippen molar-refractivity contribution in [1.82, 2.24) is 9.97 Å². The largest absolute Gasteiger partial charge is 0.493 e. The van der Waals surface area contributed by atoms with Crippen LogP contribution in [-0.4, -0.2) is 46.1 Å². The van der Waals surface area contributed by atoms with E-state index in [2.05, 4.69) is 15.3 Å². The van der Waals surface area contributed by atoms with Crippen molar-refractivity contribution in [2.24, 2.45) is 0 Å². The van der Waals surface area contributed by atoms with Gasteiger partial charge in [0.05, 0.1) is 36.4 Å². The van der Waals surface area contributed by atoms with Crippen LogP contribution in [0.3, 0.4) is 0 Å². The van der Waals surface area contributed by atoms with Crippen molar-refractivity contribution in [3.63, 3.8) is 0 Å². The molecule has 0 bridgehead atoms. The molecule has 1 heterocycles. The van der Waals surface area contributed by atoms with E-state index in [1.54, 1.807) is 26.0 Å². The van der Waals surface area contributed by atoms with Gasteiger partial charge in [-0.3, -0.25) is 0 Å². The fourth-order valence-corrected chi connectivity index (χ4v) is 4.27. The van der Waals surface area contributed by atoms with Crippen LogP contribution >= 0.6 is 0 Å². The summed E-state index contributed by atoms with van der Waals surface area (Å²) in [4.78, 5) is 9.02. The van der Waals surface area contributed by atoms with Crippen LogP contribution in [0.15, 0.2) is 30.3 Å². The highest BCUT2D eigenvalue weighted by molar-refractivity contribution is 5.92. The van der Waals surface area contributed by atoms with Crippen LogP contribution in [-0.2, 0) is 10.7 Å². The molecule has 3 aromatic rings. The predicted molar refractivity (Wildman–Crippen MR) is 143 cm³/mol. The molecule has 0 amide bonds. The van der Waals surface area contributed by atoms with Crippen molar-refractivity contribution in [1.29, 1.82) is 0 Å². The third-order valence-corrected chi connectivity index (χ3v) is 6.95. The SMILES string of the molecule is COc1cc2nc(C)nc(N[C@H](C)c3cccc(C(F)(F)C(C)(C)O)c3F)c2cc1OC(C)C(C)OC1CC1. The monoisotopic (exact) mass is 547 g/mol. The standard InChI is InChI=1S/C29H36F3N3O4/c1-15(20-9-8-10-22(26(20)30)29(31,32)28(5,6)36)33-27-21-13-25(39-17(3)16(2)38-19-11-12-19)24(37-7)14-23(21)34-18(4)35-27/h8-10,13-17,19,36H,11-12H2,1-7H3,(H,33,34,35)/t15-,16?,17?/m1/s1. The number of fused-ring (bicyclic) bond motifs is 1. The Morgan fingerprint density at radius 3 is 2.36 bits per heavy atom. The summed E-state index contributed by atoms with van der Waals surface area (Å²) in [6.07, 6.45) is 1.98. The van der Waals surface area contributed by atoms with E-state index in [1.807, 2.05) is 13.8 Å². The number of nitrogens with one attached hydrogen (secondary N) is 1. The minimum absolute atomic E-state index is 0.00509. The van der Waals surface area contributed by atoms with Crippen LogP contribution in [0.1, 0.15) is 70.5 Å². The Morgan fingerprint density at radius 1 is 1.05 bits per heavy atom. The van der Waals surface area contributed by atoms with Crippen molar-refractivity contribution in [3.8, 4) is 11.5 Å². The molecular formula is C29H36F3N3O4. The van der Waals surface area contributed by atoms with E-state index in [0.29, 0.717) is 34.0 Å². The van der Waals surface area contributed by atoms with Gasteiger partial charge in [-0.25, -0.2) is 14.4 Å². The molecule has 0 aliphatic heterocycles. The van der Waals surface area contributed by atoms with Gasteiger partial charge in [0.2, 0.25) is 0 Å². The molecule has 1 aliphatic carbocycles. The lowest BCUT2D eigenvalue weighted by Gasteiger charge is -2.30. The molecule has 7 nitrogen and oxygen atoms in total. The summed E-state index contributed by atoms with van der Waals surface area (Å²) in [6, 6.07) is 6.49. The Balaban J connectivity index is 1.68. The average Bonchev–Trinajstić information content (AvgIpc) is 3.67. The Kier molecular flexibility index (Phi) is 8.01. The van der Waals surface area contributed by atoms with E-state index in [4.69, 9.17) is 14.2 Å². The zero-order valence-corrected chi connectivity index (χ0v) is 23.3. The molecule has 4 rings (SSSR count). The minimum Gasteiger partial charge on any atom is -0.493 e. The maximum absolute atomic E-state index is 15.4. The highest BCUT2D eigenvalue weighted by atomic mass is 19.3. The summed E-state index contributed by atoms with van der Waals surface area (Å²) in [7, 11) is 1.54. The van der Waals surface area contributed by atoms with Gasteiger partial charge in [0, 0.05) is 17.0 Å². The lowest BCUT2D eigenvalue weighted by molar-refractivity contribution is -0.170. The van der Waals surface area contributed by atoms with E-state index < -0.39 is 28.9 Å². The van der Waals surface area contributed by atoms with Crippen LogP contribution in [0.2, 0.25) is 0 Å². The van der Waals surface area contributed by atoms with Gasteiger partial charge >= 0.3 is 5.92 Å². The fraction of sp³-hybridized carbons (Fsp3) is 0.517. The summed E-state index contributed by atoms with van der Waals surface area (Å²) in [5, 5.41) is 13.7. The molecule has 1 fully saturated rings. The first kappa shape index (κ1) is 28.9. The molecule has 1 aromatic heterocycles. The van der Waals surface area contributed by atoms with Crippen molar-refractivity contribution in [2.75, 3.05) is 12.4 Å². The lowest BCUT2D eigenvalue weighted by Crippen LogP contribution is -2.41. The van der Waals surface area contributed by atoms with Gasteiger partial charge in [0.15, 0.2) is 11.5 Å². The van der Waals surface area contributed by atoms with Gasteiger partial charge in [-0.1, -0.05) is 12.1 Å². The zero-order chi connectivity index (χ0) is 28.7. The number of aliphatic hydroxyl groups is 1. The molecule has 39 heavy (non-hydrogen) atoms.